The molecule has 0 aliphatic carbocycles. The average Bonchev–Trinajstić information content (AvgIpc) is 2.31. The van der Waals surface area contributed by atoms with Crippen LogP contribution >= 0.6 is 27.5 Å². The standard InChI is InChI=1S/C14H13BrClN/c1-10-3-2-4-12(7-10)17-9-11-5-6-14(16)13(15)8-11/h2-8,17H,9H2,1H3. The predicted octanol–water partition coefficient (Wildman–Crippen LogP) is 5.02. The number of halogens is 2. The highest BCUT2D eigenvalue weighted by Gasteiger charge is 1.99. The highest BCUT2D eigenvalue weighted by molar-refractivity contribution is 9.10. The number of hydrogen-bond donors (Lipinski definition) is 1. The fourth-order valence-electron chi connectivity index (χ4n) is 1.61. The van der Waals surface area contributed by atoms with Crippen LogP contribution in [0.4, 0.5) is 5.69 Å². The highest BCUT2D eigenvalue weighted by atomic mass is 79.9. The molecule has 0 unspecified atom stereocenters. The summed E-state index contributed by atoms with van der Waals surface area (Å²) in [6, 6.07) is 14.3. The van der Waals surface area contributed by atoms with Gasteiger partial charge in [0, 0.05) is 16.7 Å². The average molecular weight is 311 g/mol. The second-order valence-corrected chi connectivity index (χ2v) is 5.23. The quantitative estimate of drug-likeness (QED) is 0.839. The molecule has 88 valence electrons. The molecule has 0 spiro atoms. The van der Waals surface area contributed by atoms with E-state index >= 15 is 0 Å². The van der Waals surface area contributed by atoms with Crippen LogP contribution < -0.4 is 5.32 Å². The maximum Gasteiger partial charge on any atom is 0.0548 e. The van der Waals surface area contributed by atoms with Gasteiger partial charge in [0.25, 0.3) is 0 Å². The molecule has 1 nitrogen and oxygen atoms in total. The second-order valence-electron chi connectivity index (χ2n) is 3.97. The van der Waals surface area contributed by atoms with E-state index in [4.69, 9.17) is 11.6 Å². The van der Waals surface area contributed by atoms with Crippen LogP contribution in [0.2, 0.25) is 5.02 Å². The first-order chi connectivity index (χ1) is 8.15. The Bertz CT molecular complexity index is 525. The van der Waals surface area contributed by atoms with Crippen molar-refractivity contribution in [3.05, 3.63) is 63.1 Å². The molecule has 0 radical (unpaired) electrons. The van der Waals surface area contributed by atoms with Crippen LogP contribution in [0.5, 0.6) is 0 Å². The zero-order valence-electron chi connectivity index (χ0n) is 9.50. The van der Waals surface area contributed by atoms with E-state index in [9.17, 15) is 0 Å². The molecule has 0 atom stereocenters. The van der Waals surface area contributed by atoms with Crippen LogP contribution in [0.25, 0.3) is 0 Å². The summed E-state index contributed by atoms with van der Waals surface area (Å²) < 4.78 is 0.933. The second kappa shape index (κ2) is 5.56. The first kappa shape index (κ1) is 12.5. The van der Waals surface area contributed by atoms with Crippen LogP contribution in [0.3, 0.4) is 0 Å². The van der Waals surface area contributed by atoms with Crippen molar-refractivity contribution in [2.75, 3.05) is 5.32 Å². The number of aryl methyl sites for hydroxylation is 1. The topological polar surface area (TPSA) is 12.0 Å². The first-order valence-corrected chi connectivity index (χ1v) is 6.57. The third kappa shape index (κ3) is 3.48. The lowest BCUT2D eigenvalue weighted by molar-refractivity contribution is 1.14. The van der Waals surface area contributed by atoms with Gasteiger partial charge in [0.1, 0.15) is 0 Å². The van der Waals surface area contributed by atoms with Gasteiger partial charge in [0.05, 0.1) is 5.02 Å². The molecule has 2 aromatic carbocycles. The van der Waals surface area contributed by atoms with Crippen LogP contribution in [0, 0.1) is 6.92 Å². The summed E-state index contributed by atoms with van der Waals surface area (Å²) in [5.41, 5.74) is 3.59. The molecule has 0 aliphatic heterocycles. The number of anilines is 1. The van der Waals surface area contributed by atoms with Gasteiger partial charge in [-0.3, -0.25) is 0 Å². The van der Waals surface area contributed by atoms with E-state index in [-0.39, 0.29) is 0 Å². The van der Waals surface area contributed by atoms with E-state index in [1.54, 1.807) is 0 Å². The minimum absolute atomic E-state index is 0.740. The molecule has 0 saturated heterocycles. The van der Waals surface area contributed by atoms with Gasteiger partial charge < -0.3 is 5.32 Å². The third-order valence-corrected chi connectivity index (χ3v) is 3.71. The Balaban J connectivity index is 2.05. The van der Waals surface area contributed by atoms with Gasteiger partial charge in [0.15, 0.2) is 0 Å². The Morgan fingerprint density at radius 1 is 1.18 bits per heavy atom. The molecule has 0 fully saturated rings. The van der Waals surface area contributed by atoms with Crippen molar-refractivity contribution < 1.29 is 0 Å². The van der Waals surface area contributed by atoms with Gasteiger partial charge in [-0.15, -0.1) is 0 Å². The Kier molecular flexibility index (Phi) is 4.08. The highest BCUT2D eigenvalue weighted by Crippen LogP contribution is 2.23. The zero-order valence-corrected chi connectivity index (χ0v) is 11.8. The molecule has 1 N–H and O–H groups in total. The van der Waals surface area contributed by atoms with Crippen molar-refractivity contribution >= 4 is 33.2 Å². The molecule has 0 aromatic heterocycles. The molecular formula is C14H13BrClN. The molecule has 3 heteroatoms. The minimum Gasteiger partial charge on any atom is -0.381 e. The van der Waals surface area contributed by atoms with Crippen molar-refractivity contribution in [3.63, 3.8) is 0 Å². The lowest BCUT2D eigenvalue weighted by Gasteiger charge is -2.08. The van der Waals surface area contributed by atoms with Crippen molar-refractivity contribution in [2.24, 2.45) is 0 Å². The lowest BCUT2D eigenvalue weighted by atomic mass is 10.2. The number of rotatable bonds is 3. The molecular weight excluding hydrogens is 298 g/mol. The normalized spacial score (nSPS) is 10.3. The van der Waals surface area contributed by atoms with Crippen LogP contribution in [-0.2, 0) is 6.54 Å². The Morgan fingerprint density at radius 2 is 2.00 bits per heavy atom. The molecule has 2 rings (SSSR count). The monoisotopic (exact) mass is 309 g/mol. The summed E-state index contributed by atoms with van der Waals surface area (Å²) in [5.74, 6) is 0. The van der Waals surface area contributed by atoms with Gasteiger partial charge in [0.2, 0.25) is 0 Å². The van der Waals surface area contributed by atoms with Gasteiger partial charge in [-0.1, -0.05) is 29.8 Å². The smallest absolute Gasteiger partial charge is 0.0548 e. The number of benzene rings is 2. The fraction of sp³-hybridized carbons (Fsp3) is 0.143. The Hall–Kier alpha value is -0.990. The van der Waals surface area contributed by atoms with E-state index in [1.165, 1.54) is 11.1 Å². The molecule has 17 heavy (non-hydrogen) atoms. The van der Waals surface area contributed by atoms with Crippen molar-refractivity contribution in [1.82, 2.24) is 0 Å². The lowest BCUT2D eigenvalue weighted by Crippen LogP contribution is -1.99. The van der Waals surface area contributed by atoms with Crippen LogP contribution in [-0.4, -0.2) is 0 Å². The van der Waals surface area contributed by atoms with E-state index in [0.29, 0.717) is 0 Å². The summed E-state index contributed by atoms with van der Waals surface area (Å²) in [5, 5.41) is 4.12. The van der Waals surface area contributed by atoms with Crippen molar-refractivity contribution in [1.29, 1.82) is 0 Å². The first-order valence-electron chi connectivity index (χ1n) is 5.39. The third-order valence-electron chi connectivity index (χ3n) is 2.50. The number of hydrogen-bond acceptors (Lipinski definition) is 1. The van der Waals surface area contributed by atoms with E-state index < -0.39 is 0 Å². The SMILES string of the molecule is Cc1cccc(NCc2ccc(Cl)c(Br)c2)c1. The maximum absolute atomic E-state index is 5.95. The molecule has 2 aromatic rings. The number of nitrogens with one attached hydrogen (secondary N) is 1. The van der Waals surface area contributed by atoms with Crippen molar-refractivity contribution in [2.45, 2.75) is 13.5 Å². The van der Waals surface area contributed by atoms with Gasteiger partial charge in [-0.25, -0.2) is 0 Å². The Morgan fingerprint density at radius 3 is 2.71 bits per heavy atom. The van der Waals surface area contributed by atoms with Crippen LogP contribution in [0.15, 0.2) is 46.9 Å². The molecule has 0 amide bonds. The van der Waals surface area contributed by atoms with Crippen LogP contribution in [0.1, 0.15) is 11.1 Å². The summed E-state index contributed by atoms with van der Waals surface area (Å²) in [7, 11) is 0. The minimum atomic E-state index is 0.740. The molecule has 0 bridgehead atoms. The molecule has 0 heterocycles. The summed E-state index contributed by atoms with van der Waals surface area (Å²) in [6.45, 7) is 2.88. The van der Waals surface area contributed by atoms with E-state index in [2.05, 4.69) is 52.4 Å². The summed E-state index contributed by atoms with van der Waals surface area (Å²) >= 11 is 9.38. The van der Waals surface area contributed by atoms with Gasteiger partial charge in [-0.05, 0) is 58.2 Å². The molecule has 0 saturated carbocycles. The summed E-state index contributed by atoms with van der Waals surface area (Å²) in [4.78, 5) is 0. The van der Waals surface area contributed by atoms with Gasteiger partial charge >= 0.3 is 0 Å². The molecule has 0 aliphatic rings. The fourth-order valence-corrected chi connectivity index (χ4v) is 2.15. The predicted molar refractivity (Wildman–Crippen MR) is 77.7 cm³/mol. The Labute approximate surface area is 115 Å². The van der Waals surface area contributed by atoms with Gasteiger partial charge in [-0.2, -0.15) is 0 Å². The van der Waals surface area contributed by atoms with Crippen molar-refractivity contribution in [3.8, 4) is 0 Å². The summed E-state index contributed by atoms with van der Waals surface area (Å²) in [6.07, 6.45) is 0. The maximum atomic E-state index is 5.95. The zero-order chi connectivity index (χ0) is 12.3. The van der Waals surface area contributed by atoms with E-state index in [0.717, 1.165) is 21.7 Å². The largest absolute Gasteiger partial charge is 0.381 e. The van der Waals surface area contributed by atoms with E-state index in [1.807, 2.05) is 18.2 Å².